The SMILES string of the molecule is CC(=O)O[C@@]12CO[C@@H]1C[C@H](O)[C@@]1(C)C(=O)[C@H](C)C3=C(C)[C@@H](OC(=O)[C@H](C)CNC(=O)OC(C)(C)C)C[C@@](O)([C@@H](OC(=O)c4ccccc4)C12)C3(C)C. The molecule has 10 atom stereocenters. The lowest BCUT2D eigenvalue weighted by Crippen LogP contribution is -2.81. The number of carbonyl (C=O) groups is 5. The summed E-state index contributed by atoms with van der Waals surface area (Å²) in [6.07, 6.45) is -5.86. The van der Waals surface area contributed by atoms with Crippen LogP contribution in [0.5, 0.6) is 0 Å². The van der Waals surface area contributed by atoms with Gasteiger partial charge in [-0.25, -0.2) is 9.59 Å². The molecule has 2 bridgehead atoms. The first kappa shape index (κ1) is 39.4. The largest absolute Gasteiger partial charge is 0.457 e. The molecule has 1 aromatic rings. The fourth-order valence-corrected chi connectivity index (χ4v) is 9.16. The van der Waals surface area contributed by atoms with Crippen LogP contribution in [0.15, 0.2) is 41.5 Å². The zero-order chi connectivity index (χ0) is 38.8. The number of hydrogen-bond donors (Lipinski definition) is 3. The molecule has 0 aromatic heterocycles. The molecule has 3 aliphatic carbocycles. The van der Waals surface area contributed by atoms with E-state index >= 15 is 4.79 Å². The van der Waals surface area contributed by atoms with Crippen LogP contribution in [0, 0.1) is 28.6 Å². The number of alkyl carbamates (subject to hydrolysis) is 1. The summed E-state index contributed by atoms with van der Waals surface area (Å²) < 4.78 is 29.7. The van der Waals surface area contributed by atoms with Gasteiger partial charge in [-0.3, -0.25) is 14.4 Å². The van der Waals surface area contributed by atoms with Gasteiger partial charge in [0.1, 0.15) is 35.3 Å². The average molecular weight is 728 g/mol. The first-order chi connectivity index (χ1) is 24.0. The predicted molar refractivity (Wildman–Crippen MR) is 186 cm³/mol. The molecule has 0 radical (unpaired) electrons. The van der Waals surface area contributed by atoms with Crippen molar-refractivity contribution in [2.75, 3.05) is 13.2 Å². The van der Waals surface area contributed by atoms with E-state index < -0.39 is 99.6 Å². The van der Waals surface area contributed by atoms with Gasteiger partial charge in [0.2, 0.25) is 0 Å². The lowest BCUT2D eigenvalue weighted by Gasteiger charge is -2.67. The summed E-state index contributed by atoms with van der Waals surface area (Å²) in [7, 11) is 0. The Bertz CT molecular complexity index is 1650. The van der Waals surface area contributed by atoms with E-state index in [2.05, 4.69) is 5.32 Å². The van der Waals surface area contributed by atoms with Gasteiger partial charge in [0.15, 0.2) is 5.60 Å². The normalized spacial score (nSPS) is 35.7. The number of esters is 3. The molecule has 3 fully saturated rings. The van der Waals surface area contributed by atoms with Crippen molar-refractivity contribution in [2.45, 2.75) is 123 Å². The Morgan fingerprint density at radius 3 is 2.27 bits per heavy atom. The third kappa shape index (κ3) is 6.42. The van der Waals surface area contributed by atoms with Gasteiger partial charge in [-0.1, -0.05) is 45.9 Å². The highest BCUT2D eigenvalue weighted by Gasteiger charge is 2.77. The van der Waals surface area contributed by atoms with Crippen molar-refractivity contribution in [3.63, 3.8) is 0 Å². The lowest BCUT2D eigenvalue weighted by atomic mass is 9.43. The fraction of sp³-hybridized carbons (Fsp3) is 0.667. The molecule has 1 heterocycles. The molecule has 0 spiro atoms. The van der Waals surface area contributed by atoms with Crippen molar-refractivity contribution in [2.24, 2.45) is 28.6 Å². The summed E-state index contributed by atoms with van der Waals surface area (Å²) in [4.78, 5) is 67.7. The molecule has 52 heavy (non-hydrogen) atoms. The second-order valence-electron chi connectivity index (χ2n) is 16.7. The number of benzene rings is 1. The first-order valence-corrected chi connectivity index (χ1v) is 17.9. The van der Waals surface area contributed by atoms with E-state index in [4.69, 9.17) is 23.7 Å². The molecule has 1 saturated heterocycles. The summed E-state index contributed by atoms with van der Waals surface area (Å²) in [6, 6.07) is 8.14. The summed E-state index contributed by atoms with van der Waals surface area (Å²) >= 11 is 0. The third-order valence-corrected chi connectivity index (χ3v) is 11.8. The minimum Gasteiger partial charge on any atom is -0.457 e. The van der Waals surface area contributed by atoms with Gasteiger partial charge >= 0.3 is 24.0 Å². The van der Waals surface area contributed by atoms with Gasteiger partial charge in [0.25, 0.3) is 0 Å². The van der Waals surface area contributed by atoms with E-state index in [1.807, 2.05) is 0 Å². The highest BCUT2D eigenvalue weighted by molar-refractivity contribution is 5.92. The van der Waals surface area contributed by atoms with Gasteiger partial charge in [0.05, 0.1) is 35.5 Å². The van der Waals surface area contributed by atoms with Gasteiger partial charge < -0.3 is 39.2 Å². The van der Waals surface area contributed by atoms with Crippen LogP contribution in [0.25, 0.3) is 0 Å². The Hall–Kier alpha value is -3.81. The van der Waals surface area contributed by atoms with Crippen molar-refractivity contribution in [1.29, 1.82) is 0 Å². The van der Waals surface area contributed by atoms with Gasteiger partial charge in [-0.05, 0) is 57.9 Å². The Morgan fingerprint density at radius 2 is 1.71 bits per heavy atom. The van der Waals surface area contributed by atoms with E-state index in [9.17, 15) is 29.4 Å². The van der Waals surface area contributed by atoms with Gasteiger partial charge in [0, 0.05) is 37.6 Å². The maximum Gasteiger partial charge on any atom is 0.407 e. The molecule has 2 saturated carbocycles. The zero-order valence-electron chi connectivity index (χ0n) is 31.7. The van der Waals surface area contributed by atoms with E-state index in [1.165, 1.54) is 6.92 Å². The zero-order valence-corrected chi connectivity index (χ0v) is 31.7. The molecule has 13 nitrogen and oxygen atoms in total. The second kappa shape index (κ2) is 13.6. The fourth-order valence-electron chi connectivity index (χ4n) is 9.16. The monoisotopic (exact) mass is 727 g/mol. The highest BCUT2D eigenvalue weighted by Crippen LogP contribution is 2.65. The molecule has 1 amide bonds. The number of ether oxygens (including phenoxy) is 5. The number of nitrogens with one attached hydrogen (secondary N) is 1. The molecule has 4 aliphatic rings. The van der Waals surface area contributed by atoms with Crippen molar-refractivity contribution in [3.8, 4) is 0 Å². The molecule has 286 valence electrons. The van der Waals surface area contributed by atoms with Crippen LogP contribution in [0.1, 0.15) is 92.4 Å². The second-order valence-corrected chi connectivity index (χ2v) is 16.7. The number of Topliss-reactive ketones (excluding diaryl/α,β-unsaturated/α-hetero) is 1. The Balaban J connectivity index is 1.64. The van der Waals surface area contributed by atoms with Crippen LogP contribution < -0.4 is 5.32 Å². The van der Waals surface area contributed by atoms with Crippen molar-refractivity contribution >= 4 is 29.8 Å². The maximum absolute atomic E-state index is 15.0. The molecule has 1 aliphatic heterocycles. The van der Waals surface area contributed by atoms with Crippen LogP contribution >= 0.6 is 0 Å². The first-order valence-electron chi connectivity index (χ1n) is 17.9. The van der Waals surface area contributed by atoms with Crippen LogP contribution in [0.3, 0.4) is 0 Å². The predicted octanol–water partition coefficient (Wildman–Crippen LogP) is 4.07. The third-order valence-electron chi connectivity index (χ3n) is 11.8. The number of aliphatic hydroxyl groups is 2. The number of amides is 1. The number of fused-ring (bicyclic) bond motifs is 5. The number of hydrogen-bond acceptors (Lipinski definition) is 12. The van der Waals surface area contributed by atoms with Crippen molar-refractivity contribution in [3.05, 3.63) is 47.0 Å². The summed E-state index contributed by atoms with van der Waals surface area (Å²) in [5, 5.41) is 27.8. The number of rotatable bonds is 7. The Labute approximate surface area is 304 Å². The maximum atomic E-state index is 15.0. The molecule has 3 N–H and O–H groups in total. The molecular formula is C39H53NO12. The van der Waals surface area contributed by atoms with E-state index in [-0.39, 0.29) is 31.6 Å². The molecular weight excluding hydrogens is 674 g/mol. The quantitative estimate of drug-likeness (QED) is 0.208. The Morgan fingerprint density at radius 1 is 1.08 bits per heavy atom. The van der Waals surface area contributed by atoms with E-state index in [1.54, 1.807) is 92.6 Å². The number of aliphatic hydroxyl groups excluding tert-OH is 1. The van der Waals surface area contributed by atoms with Crippen molar-refractivity contribution < 1.29 is 57.9 Å². The summed E-state index contributed by atoms with van der Waals surface area (Å²) in [5.74, 6) is -5.61. The average Bonchev–Trinajstić information content (AvgIpc) is 3.04. The molecule has 5 rings (SSSR count). The van der Waals surface area contributed by atoms with Gasteiger partial charge in [-0.15, -0.1) is 0 Å². The number of ketones is 1. The van der Waals surface area contributed by atoms with Gasteiger partial charge in [-0.2, -0.15) is 0 Å². The molecule has 13 heteroatoms. The van der Waals surface area contributed by atoms with Crippen LogP contribution in [-0.4, -0.2) is 94.4 Å². The van der Waals surface area contributed by atoms with Crippen molar-refractivity contribution in [1.82, 2.24) is 5.32 Å². The van der Waals surface area contributed by atoms with Crippen LogP contribution in [-0.2, 0) is 38.1 Å². The molecule has 1 aromatic carbocycles. The van der Waals surface area contributed by atoms with Crippen LogP contribution in [0.2, 0.25) is 0 Å². The highest BCUT2D eigenvalue weighted by atomic mass is 16.6. The standard InChI is InChI=1S/C39H53NO12/c1-20(18-40-34(46)52-35(5,6)7)32(44)49-25-17-39(47)31(50-33(45)24-14-12-11-13-15-24)29-37(10,30(43)22(3)28(21(25)2)36(39,8)9)26(42)16-27-38(29,19-48-27)51-23(4)41/h11-15,20,22,25-27,29,31,42,47H,16-19H2,1-10H3,(H,40,46)/t20-,22-,25+,26+,27-,29?,31+,37-,38+,39-/m1/s1. The smallest absolute Gasteiger partial charge is 0.407 e. The van der Waals surface area contributed by atoms with Crippen LogP contribution in [0.4, 0.5) is 4.79 Å². The summed E-state index contributed by atoms with van der Waals surface area (Å²) in [5.41, 5.74) is -6.16. The topological polar surface area (TPSA) is 184 Å². The van der Waals surface area contributed by atoms with E-state index in [0.717, 1.165) is 0 Å². The minimum atomic E-state index is -2.07. The Kier molecular flexibility index (Phi) is 10.3. The van der Waals surface area contributed by atoms with E-state index in [0.29, 0.717) is 11.1 Å². The number of carbonyl (C=O) groups excluding carboxylic acids is 5. The summed E-state index contributed by atoms with van der Waals surface area (Å²) in [6.45, 7) is 16.2. The molecule has 1 unspecified atom stereocenters. The lowest BCUT2D eigenvalue weighted by molar-refractivity contribution is -0.345. The minimum absolute atomic E-state index is 0.0343.